The zero-order valence-corrected chi connectivity index (χ0v) is 14.7. The van der Waals surface area contributed by atoms with Crippen molar-refractivity contribution in [2.75, 3.05) is 18.9 Å². The summed E-state index contributed by atoms with van der Waals surface area (Å²) >= 11 is 2.88. The van der Waals surface area contributed by atoms with Gasteiger partial charge >= 0.3 is 0 Å². The minimum absolute atomic E-state index is 0.0751. The van der Waals surface area contributed by atoms with E-state index in [0.29, 0.717) is 23.8 Å². The first-order chi connectivity index (χ1) is 11.1. The quantitative estimate of drug-likeness (QED) is 0.675. The zero-order chi connectivity index (χ0) is 16.7. The SMILES string of the molecule is CNC(C)CNC(=O)Cc1csc(NC(=O)Cc2cccs2)n1. The molecule has 0 aliphatic rings. The van der Waals surface area contributed by atoms with Crippen LogP contribution in [0.25, 0.3) is 0 Å². The highest BCUT2D eigenvalue weighted by Crippen LogP contribution is 2.17. The van der Waals surface area contributed by atoms with E-state index in [9.17, 15) is 9.59 Å². The van der Waals surface area contributed by atoms with Crippen LogP contribution in [-0.2, 0) is 22.4 Å². The first kappa shape index (κ1) is 17.6. The second-order valence-corrected chi connectivity index (χ2v) is 7.01. The summed E-state index contributed by atoms with van der Waals surface area (Å²) in [6.07, 6.45) is 0.558. The molecule has 0 spiro atoms. The number of nitrogens with zero attached hydrogens (tertiary/aromatic N) is 1. The van der Waals surface area contributed by atoms with Crippen LogP contribution in [0.15, 0.2) is 22.9 Å². The third kappa shape index (κ3) is 6.09. The van der Waals surface area contributed by atoms with Gasteiger partial charge in [0.25, 0.3) is 0 Å². The van der Waals surface area contributed by atoms with Gasteiger partial charge in [0.15, 0.2) is 5.13 Å². The highest BCUT2D eigenvalue weighted by atomic mass is 32.1. The predicted octanol–water partition coefficient (Wildman–Crippen LogP) is 1.65. The molecule has 2 heterocycles. The Balaban J connectivity index is 1.78. The maximum Gasteiger partial charge on any atom is 0.231 e. The molecule has 124 valence electrons. The summed E-state index contributed by atoms with van der Waals surface area (Å²) in [5.41, 5.74) is 0.663. The Bertz CT molecular complexity index is 640. The fraction of sp³-hybridized carbons (Fsp3) is 0.400. The van der Waals surface area contributed by atoms with Crippen LogP contribution in [0.4, 0.5) is 5.13 Å². The Labute approximate surface area is 143 Å². The highest BCUT2D eigenvalue weighted by molar-refractivity contribution is 7.14. The summed E-state index contributed by atoms with van der Waals surface area (Å²) in [7, 11) is 1.85. The molecule has 1 unspecified atom stereocenters. The summed E-state index contributed by atoms with van der Waals surface area (Å²) in [6, 6.07) is 4.07. The topological polar surface area (TPSA) is 83.1 Å². The van der Waals surface area contributed by atoms with E-state index in [0.717, 1.165) is 4.88 Å². The monoisotopic (exact) mass is 352 g/mol. The summed E-state index contributed by atoms with van der Waals surface area (Å²) < 4.78 is 0. The molecule has 3 N–H and O–H groups in total. The van der Waals surface area contributed by atoms with Crippen molar-refractivity contribution in [3.05, 3.63) is 33.5 Å². The van der Waals surface area contributed by atoms with Gasteiger partial charge in [-0.15, -0.1) is 22.7 Å². The van der Waals surface area contributed by atoms with Crippen LogP contribution < -0.4 is 16.0 Å². The van der Waals surface area contributed by atoms with Gasteiger partial charge < -0.3 is 16.0 Å². The molecule has 2 aromatic heterocycles. The van der Waals surface area contributed by atoms with E-state index in [2.05, 4.69) is 20.9 Å². The lowest BCUT2D eigenvalue weighted by Crippen LogP contribution is -2.37. The predicted molar refractivity (Wildman–Crippen MR) is 94.0 cm³/mol. The maximum atomic E-state index is 11.9. The Kier molecular flexibility index (Phi) is 6.69. The van der Waals surface area contributed by atoms with Crippen LogP contribution >= 0.6 is 22.7 Å². The molecule has 0 bridgehead atoms. The average molecular weight is 352 g/mol. The Morgan fingerprint density at radius 2 is 2.09 bits per heavy atom. The zero-order valence-electron chi connectivity index (χ0n) is 13.1. The number of aromatic nitrogens is 1. The highest BCUT2D eigenvalue weighted by Gasteiger charge is 2.11. The van der Waals surface area contributed by atoms with Gasteiger partial charge in [0.2, 0.25) is 11.8 Å². The minimum Gasteiger partial charge on any atom is -0.354 e. The second kappa shape index (κ2) is 8.76. The molecule has 2 amide bonds. The van der Waals surface area contributed by atoms with Gasteiger partial charge in [-0.25, -0.2) is 4.98 Å². The van der Waals surface area contributed by atoms with Gasteiger partial charge in [-0.05, 0) is 25.4 Å². The number of carbonyl (C=O) groups excluding carboxylic acids is 2. The van der Waals surface area contributed by atoms with Crippen molar-refractivity contribution in [2.45, 2.75) is 25.8 Å². The number of carbonyl (C=O) groups is 2. The summed E-state index contributed by atoms with van der Waals surface area (Å²) in [5.74, 6) is -0.172. The number of nitrogens with one attached hydrogen (secondary N) is 3. The number of hydrogen-bond donors (Lipinski definition) is 3. The van der Waals surface area contributed by atoms with Crippen molar-refractivity contribution >= 4 is 39.6 Å². The van der Waals surface area contributed by atoms with Gasteiger partial charge in [0.1, 0.15) is 0 Å². The lowest BCUT2D eigenvalue weighted by atomic mass is 10.3. The molecule has 0 saturated heterocycles. The van der Waals surface area contributed by atoms with Crippen molar-refractivity contribution < 1.29 is 9.59 Å². The molecule has 0 fully saturated rings. The molecular weight excluding hydrogens is 332 g/mol. The molecule has 0 aromatic carbocycles. The van der Waals surface area contributed by atoms with E-state index >= 15 is 0 Å². The van der Waals surface area contributed by atoms with Crippen molar-refractivity contribution in [2.24, 2.45) is 0 Å². The van der Waals surface area contributed by atoms with Gasteiger partial charge in [-0.1, -0.05) is 6.07 Å². The lowest BCUT2D eigenvalue weighted by molar-refractivity contribution is -0.120. The lowest BCUT2D eigenvalue weighted by Gasteiger charge is -2.10. The number of thiazole rings is 1. The van der Waals surface area contributed by atoms with Crippen molar-refractivity contribution in [1.29, 1.82) is 0 Å². The van der Waals surface area contributed by atoms with E-state index in [-0.39, 0.29) is 24.3 Å². The van der Waals surface area contributed by atoms with E-state index < -0.39 is 0 Å². The normalized spacial score (nSPS) is 11.9. The van der Waals surface area contributed by atoms with Crippen molar-refractivity contribution in [3.63, 3.8) is 0 Å². The Morgan fingerprint density at radius 3 is 2.78 bits per heavy atom. The number of anilines is 1. The molecule has 0 radical (unpaired) electrons. The van der Waals surface area contributed by atoms with Crippen molar-refractivity contribution in [1.82, 2.24) is 15.6 Å². The first-order valence-corrected chi connectivity index (χ1v) is 9.03. The number of amides is 2. The van der Waals surface area contributed by atoms with Crippen LogP contribution in [0.2, 0.25) is 0 Å². The van der Waals surface area contributed by atoms with Gasteiger partial charge in [0.05, 0.1) is 18.5 Å². The fourth-order valence-electron chi connectivity index (χ4n) is 1.78. The van der Waals surface area contributed by atoms with Crippen LogP contribution in [0.3, 0.4) is 0 Å². The van der Waals surface area contributed by atoms with Crippen LogP contribution in [0.5, 0.6) is 0 Å². The average Bonchev–Trinajstić information content (AvgIpc) is 3.17. The van der Waals surface area contributed by atoms with Gasteiger partial charge in [0, 0.05) is 22.8 Å². The first-order valence-electron chi connectivity index (χ1n) is 7.27. The smallest absolute Gasteiger partial charge is 0.231 e. The summed E-state index contributed by atoms with van der Waals surface area (Å²) in [4.78, 5) is 29.0. The molecule has 6 nitrogen and oxygen atoms in total. The maximum absolute atomic E-state index is 11.9. The molecule has 0 aliphatic carbocycles. The molecule has 2 rings (SSSR count). The molecule has 2 aromatic rings. The van der Waals surface area contributed by atoms with Crippen LogP contribution in [0.1, 0.15) is 17.5 Å². The fourth-order valence-corrected chi connectivity index (χ4v) is 3.21. The van der Waals surface area contributed by atoms with Gasteiger partial charge in [-0.3, -0.25) is 9.59 Å². The largest absolute Gasteiger partial charge is 0.354 e. The molecule has 0 saturated carbocycles. The third-order valence-corrected chi connectivity index (χ3v) is 4.84. The minimum atomic E-state index is -0.0966. The van der Waals surface area contributed by atoms with Crippen LogP contribution in [0, 0.1) is 0 Å². The van der Waals surface area contributed by atoms with Crippen LogP contribution in [-0.4, -0.2) is 36.4 Å². The molecule has 1 atom stereocenters. The Hall–Kier alpha value is -1.77. The van der Waals surface area contributed by atoms with Crippen molar-refractivity contribution in [3.8, 4) is 0 Å². The second-order valence-electron chi connectivity index (χ2n) is 5.12. The number of thiophene rings is 1. The number of hydrogen-bond acceptors (Lipinski definition) is 6. The summed E-state index contributed by atoms with van der Waals surface area (Å²) in [5, 5.41) is 12.9. The Morgan fingerprint density at radius 1 is 1.26 bits per heavy atom. The molecule has 8 heteroatoms. The number of likely N-dealkylation sites (N-methyl/N-ethyl adjacent to an activating group) is 1. The molecule has 0 aliphatic heterocycles. The van der Waals surface area contributed by atoms with E-state index in [4.69, 9.17) is 0 Å². The van der Waals surface area contributed by atoms with E-state index in [1.807, 2.05) is 31.5 Å². The standard InChI is InChI=1S/C15H20N4O2S2/c1-10(16-2)8-17-13(20)6-11-9-23-15(18-11)19-14(21)7-12-4-3-5-22-12/h3-5,9-10,16H,6-8H2,1-2H3,(H,17,20)(H,18,19,21). The third-order valence-electron chi connectivity index (χ3n) is 3.15. The van der Waals surface area contributed by atoms with Gasteiger partial charge in [-0.2, -0.15) is 0 Å². The molecule has 23 heavy (non-hydrogen) atoms. The summed E-state index contributed by atoms with van der Waals surface area (Å²) in [6.45, 7) is 2.56. The molecular formula is C15H20N4O2S2. The van der Waals surface area contributed by atoms with E-state index in [1.54, 1.807) is 16.7 Å². The van der Waals surface area contributed by atoms with E-state index in [1.165, 1.54) is 11.3 Å². The number of rotatable bonds is 8.